The number of halogens is 2. The smallest absolute Gasteiger partial charge is 1.00 e. The van der Waals surface area contributed by atoms with Crippen LogP contribution in [0.3, 0.4) is 0 Å². The van der Waals surface area contributed by atoms with E-state index in [4.69, 9.17) is 0 Å². The van der Waals surface area contributed by atoms with E-state index < -0.39 is 7.68 Å². The molecule has 0 spiro atoms. The van der Waals surface area contributed by atoms with Gasteiger partial charge >= 0.3 is 130 Å². The first kappa shape index (κ1) is 19.4. The van der Waals surface area contributed by atoms with E-state index in [0.717, 1.165) is 31.3 Å². The Hall–Kier alpha value is 0.323. The van der Waals surface area contributed by atoms with E-state index in [1.54, 1.807) is 0 Å². The molecule has 0 aromatic rings. The zero-order chi connectivity index (χ0) is 13.4. The van der Waals surface area contributed by atoms with Gasteiger partial charge in [-0.05, 0) is 0 Å². The van der Waals surface area contributed by atoms with Crippen LogP contribution in [-0.2, 0) is 33.8 Å². The molecule has 0 saturated carbocycles. The number of hydrogen-bond acceptors (Lipinski definition) is 2. The second kappa shape index (κ2) is 8.25. The Morgan fingerprint density at radius 3 is 2.24 bits per heavy atom. The van der Waals surface area contributed by atoms with Crippen LogP contribution in [0.15, 0.2) is 43.5 Å². The second-order valence-electron chi connectivity index (χ2n) is 5.37. The summed E-state index contributed by atoms with van der Waals surface area (Å²) in [6.45, 7) is 0. The van der Waals surface area contributed by atoms with Crippen molar-refractivity contribution in [2.75, 3.05) is 0 Å². The molecule has 0 radical (unpaired) electrons. The predicted molar refractivity (Wildman–Crippen MR) is 70.8 cm³/mol. The Balaban J connectivity index is 0.00000110. The van der Waals surface area contributed by atoms with Crippen molar-refractivity contribution in [2.45, 2.75) is 38.5 Å². The van der Waals surface area contributed by atoms with Crippen molar-refractivity contribution < 1.29 is 58.7 Å². The van der Waals surface area contributed by atoms with Gasteiger partial charge in [0.25, 0.3) is 0 Å². The third-order valence-corrected chi connectivity index (χ3v) is 6.34. The predicted octanol–water partition coefficient (Wildman–Crippen LogP) is -1.30. The van der Waals surface area contributed by atoms with E-state index >= 15 is 0 Å². The van der Waals surface area contributed by atoms with Crippen LogP contribution in [0.1, 0.15) is 38.5 Å². The van der Waals surface area contributed by atoms with E-state index in [1.807, 2.05) is 6.08 Å². The van der Waals surface area contributed by atoms with Gasteiger partial charge < -0.3 is 24.8 Å². The molecule has 0 heterocycles. The SMILES string of the molecule is O=P(=O)C1=CC(C2=CCCC2)[C]([Zr+2])=C1C1=CCCC1.[Cl-].[Cl-]. The molecular formula is C15H16Cl2O2PZr. The Morgan fingerprint density at radius 2 is 1.71 bits per heavy atom. The minimum atomic E-state index is -2.48. The maximum atomic E-state index is 11.6. The molecule has 0 bridgehead atoms. The number of rotatable bonds is 3. The molecule has 0 aliphatic heterocycles. The van der Waals surface area contributed by atoms with Crippen LogP contribution < -0.4 is 24.8 Å². The van der Waals surface area contributed by atoms with Gasteiger partial charge in [-0.15, -0.1) is 0 Å². The third-order valence-electron chi connectivity index (χ3n) is 4.20. The summed E-state index contributed by atoms with van der Waals surface area (Å²) in [4.78, 5) is 0. The summed E-state index contributed by atoms with van der Waals surface area (Å²) < 4.78 is 24.5. The molecule has 0 aromatic carbocycles. The summed E-state index contributed by atoms with van der Waals surface area (Å²) in [5, 5.41) is 0.591. The van der Waals surface area contributed by atoms with Crippen LogP contribution in [0.5, 0.6) is 0 Å². The normalized spacial score (nSPS) is 24.1. The topological polar surface area (TPSA) is 34.1 Å². The molecule has 2 nitrogen and oxygen atoms in total. The van der Waals surface area contributed by atoms with Crippen molar-refractivity contribution in [2.24, 2.45) is 5.92 Å². The van der Waals surface area contributed by atoms with Crippen molar-refractivity contribution in [3.63, 3.8) is 0 Å². The summed E-state index contributed by atoms with van der Waals surface area (Å²) in [5.41, 5.74) is 3.79. The van der Waals surface area contributed by atoms with Crippen molar-refractivity contribution >= 4 is 7.68 Å². The van der Waals surface area contributed by atoms with Gasteiger partial charge in [-0.25, -0.2) is 0 Å². The minimum Gasteiger partial charge on any atom is -1.00 e. The molecule has 0 saturated heterocycles. The van der Waals surface area contributed by atoms with Crippen LogP contribution in [0.4, 0.5) is 0 Å². The quantitative estimate of drug-likeness (QED) is 0.420. The maximum Gasteiger partial charge on any atom is -1.00 e. The molecule has 21 heavy (non-hydrogen) atoms. The first-order valence-electron chi connectivity index (χ1n) is 6.89. The Labute approximate surface area is 153 Å². The van der Waals surface area contributed by atoms with E-state index in [9.17, 15) is 9.13 Å². The van der Waals surface area contributed by atoms with Crippen molar-refractivity contribution in [1.29, 1.82) is 0 Å². The first-order chi connectivity index (χ1) is 9.18. The monoisotopic (exact) mass is 419 g/mol. The molecule has 0 amide bonds. The molecule has 0 N–H and O–H groups in total. The van der Waals surface area contributed by atoms with Crippen molar-refractivity contribution in [3.8, 4) is 0 Å². The molecule has 111 valence electrons. The largest absolute Gasteiger partial charge is 1.00 e. The average Bonchev–Trinajstić information content (AvgIpc) is 3.07. The van der Waals surface area contributed by atoms with Gasteiger partial charge in [0.05, 0.1) is 0 Å². The Bertz CT molecular complexity index is 607. The molecule has 1 atom stereocenters. The second-order valence-corrected chi connectivity index (χ2v) is 7.69. The molecule has 3 aliphatic carbocycles. The van der Waals surface area contributed by atoms with Gasteiger partial charge in [0.2, 0.25) is 0 Å². The fourth-order valence-corrected chi connectivity index (χ4v) is 5.64. The molecule has 3 aliphatic rings. The van der Waals surface area contributed by atoms with Crippen LogP contribution >= 0.6 is 7.68 Å². The van der Waals surface area contributed by atoms with Gasteiger partial charge in [-0.1, -0.05) is 0 Å². The summed E-state index contributed by atoms with van der Waals surface area (Å²) >= 11 is 1.36. The molecule has 0 fully saturated rings. The van der Waals surface area contributed by atoms with Gasteiger partial charge in [0.15, 0.2) is 0 Å². The molecule has 0 aromatic heterocycles. The van der Waals surface area contributed by atoms with Crippen LogP contribution in [0.2, 0.25) is 0 Å². The van der Waals surface area contributed by atoms with Gasteiger partial charge in [-0.2, -0.15) is 0 Å². The molecule has 6 heteroatoms. The van der Waals surface area contributed by atoms with Crippen LogP contribution in [0, 0.1) is 5.92 Å². The zero-order valence-electron chi connectivity index (χ0n) is 11.6. The first-order valence-corrected chi connectivity index (χ1v) is 9.30. The molecule has 3 rings (SSSR count). The number of hydrogen-bond donors (Lipinski definition) is 0. The van der Waals surface area contributed by atoms with Crippen LogP contribution in [-0.4, -0.2) is 0 Å². The minimum absolute atomic E-state index is 0. The summed E-state index contributed by atoms with van der Waals surface area (Å²) in [7, 11) is -2.48. The molecular weight excluding hydrogens is 405 g/mol. The molecule has 1 unspecified atom stereocenters. The Kier molecular flexibility index (Phi) is 7.61. The summed E-state index contributed by atoms with van der Waals surface area (Å²) in [5.74, 6) is 0.278. The fraction of sp³-hybridized carbons (Fsp3) is 0.467. The third kappa shape index (κ3) is 3.81. The summed E-state index contributed by atoms with van der Waals surface area (Å²) in [6, 6.07) is 0. The van der Waals surface area contributed by atoms with E-state index in [2.05, 4.69) is 12.2 Å². The standard InChI is InChI=1S/C15H16O2P.2ClH.Zr/c16-18(17)15-10-13(11-5-1-2-6-11)9-14(15)12-7-3-4-8-12;;;/h5,7,10,13H,1-4,6,8H2;2*1H;/q;;;+2/p-2. The van der Waals surface area contributed by atoms with Gasteiger partial charge in [0, 0.05) is 0 Å². The van der Waals surface area contributed by atoms with Crippen LogP contribution in [0.25, 0.3) is 0 Å². The van der Waals surface area contributed by atoms with E-state index in [0.29, 0.717) is 5.31 Å². The summed E-state index contributed by atoms with van der Waals surface area (Å²) in [6.07, 6.45) is 13.4. The van der Waals surface area contributed by atoms with Gasteiger partial charge in [0.1, 0.15) is 0 Å². The number of allylic oxidation sites excluding steroid dienone is 8. The fourth-order valence-electron chi connectivity index (χ4n) is 3.28. The van der Waals surface area contributed by atoms with Crippen molar-refractivity contribution in [1.82, 2.24) is 0 Å². The maximum absolute atomic E-state index is 11.6. The average molecular weight is 421 g/mol. The van der Waals surface area contributed by atoms with Gasteiger partial charge in [-0.3, -0.25) is 0 Å². The zero-order valence-corrected chi connectivity index (χ0v) is 16.4. The Morgan fingerprint density at radius 1 is 1.05 bits per heavy atom. The van der Waals surface area contributed by atoms with E-state index in [1.165, 1.54) is 52.0 Å². The van der Waals surface area contributed by atoms with E-state index in [-0.39, 0.29) is 30.7 Å². The van der Waals surface area contributed by atoms with Crippen molar-refractivity contribution in [3.05, 3.63) is 43.5 Å².